The van der Waals surface area contributed by atoms with Crippen molar-refractivity contribution in [3.8, 4) is 5.75 Å². The van der Waals surface area contributed by atoms with Crippen molar-refractivity contribution < 1.29 is 17.9 Å². The fraction of sp³-hybridized carbons (Fsp3) is 0.381. The minimum atomic E-state index is -3.13. The van der Waals surface area contributed by atoms with Gasteiger partial charge in [0.05, 0.1) is 11.5 Å². The van der Waals surface area contributed by atoms with Crippen LogP contribution >= 0.6 is 23.2 Å². The number of aryl methyl sites for hydroxylation is 2. The van der Waals surface area contributed by atoms with E-state index in [1.807, 2.05) is 26.0 Å². The lowest BCUT2D eigenvalue weighted by Crippen LogP contribution is -2.43. The average molecular weight is 456 g/mol. The van der Waals surface area contributed by atoms with Gasteiger partial charge in [-0.1, -0.05) is 35.3 Å². The summed E-state index contributed by atoms with van der Waals surface area (Å²) in [7, 11) is -3.13. The Morgan fingerprint density at radius 2 is 1.86 bits per heavy atom. The number of benzene rings is 2. The molecule has 3 rings (SSSR count). The lowest BCUT2D eigenvalue weighted by Gasteiger charge is -2.28. The summed E-state index contributed by atoms with van der Waals surface area (Å²) in [5.41, 5.74) is 2.58. The van der Waals surface area contributed by atoms with E-state index in [1.165, 1.54) is 0 Å². The van der Waals surface area contributed by atoms with E-state index >= 15 is 0 Å². The second kappa shape index (κ2) is 8.94. The number of carbonyl (C=O) groups is 1. The van der Waals surface area contributed by atoms with Crippen LogP contribution in [0.3, 0.4) is 0 Å². The summed E-state index contributed by atoms with van der Waals surface area (Å²) in [6.07, 6.45) is 0.424. The molecule has 0 aliphatic carbocycles. The van der Waals surface area contributed by atoms with Gasteiger partial charge in [0.25, 0.3) is 5.91 Å². The van der Waals surface area contributed by atoms with E-state index in [0.717, 1.165) is 16.7 Å². The van der Waals surface area contributed by atoms with Gasteiger partial charge in [-0.2, -0.15) is 0 Å². The van der Waals surface area contributed by atoms with Crippen molar-refractivity contribution in [2.24, 2.45) is 0 Å². The number of amides is 1. The number of carbonyl (C=O) groups excluding carboxylic acids is 1. The van der Waals surface area contributed by atoms with E-state index in [9.17, 15) is 13.2 Å². The molecule has 2 aromatic rings. The molecule has 1 atom stereocenters. The van der Waals surface area contributed by atoms with Crippen LogP contribution in [0.1, 0.15) is 23.1 Å². The van der Waals surface area contributed by atoms with Crippen molar-refractivity contribution in [3.63, 3.8) is 0 Å². The molecule has 1 saturated heterocycles. The molecule has 0 spiro atoms. The SMILES string of the molecule is Cc1cc(OCC(=O)N(Cc2cccc(Cl)c2)C2CCS(=O)(=O)C2)cc(C)c1Cl. The Morgan fingerprint density at radius 3 is 2.45 bits per heavy atom. The van der Waals surface area contributed by atoms with Crippen LogP contribution in [-0.2, 0) is 21.2 Å². The lowest BCUT2D eigenvalue weighted by molar-refractivity contribution is -0.136. The number of ether oxygens (including phenoxy) is 1. The van der Waals surface area contributed by atoms with E-state index in [4.69, 9.17) is 27.9 Å². The van der Waals surface area contributed by atoms with Gasteiger partial charge in [-0.25, -0.2) is 8.42 Å². The summed E-state index contributed by atoms with van der Waals surface area (Å²) < 4.78 is 29.6. The fourth-order valence-corrected chi connectivity index (χ4v) is 5.54. The third-order valence-electron chi connectivity index (χ3n) is 4.98. The molecule has 5 nitrogen and oxygen atoms in total. The maximum atomic E-state index is 13.0. The highest BCUT2D eigenvalue weighted by Gasteiger charge is 2.34. The Kier molecular flexibility index (Phi) is 6.76. The molecule has 0 aromatic heterocycles. The Hall–Kier alpha value is -1.76. The Morgan fingerprint density at radius 1 is 1.17 bits per heavy atom. The second-order valence-electron chi connectivity index (χ2n) is 7.37. The van der Waals surface area contributed by atoms with Crippen LogP contribution in [0.5, 0.6) is 5.75 Å². The standard InChI is InChI=1S/C21H23Cl2NO4S/c1-14-8-19(9-15(2)21(14)23)28-12-20(25)24(18-6-7-29(26,27)13-18)11-16-4-3-5-17(22)10-16/h3-5,8-10,18H,6-7,11-13H2,1-2H3. The van der Waals surface area contributed by atoms with Gasteiger partial charge in [0.15, 0.2) is 16.4 Å². The van der Waals surface area contributed by atoms with Crippen molar-refractivity contribution in [2.45, 2.75) is 32.9 Å². The first kappa shape index (κ1) is 21.9. The molecule has 0 bridgehead atoms. The molecule has 1 fully saturated rings. The van der Waals surface area contributed by atoms with Gasteiger partial charge in [0.1, 0.15) is 5.75 Å². The maximum Gasteiger partial charge on any atom is 0.261 e. The minimum absolute atomic E-state index is 0.0293. The molecule has 1 aliphatic heterocycles. The summed E-state index contributed by atoms with van der Waals surface area (Å²) in [6, 6.07) is 10.4. The van der Waals surface area contributed by atoms with E-state index in [2.05, 4.69) is 0 Å². The fourth-order valence-electron chi connectivity index (χ4n) is 3.49. The molecule has 1 unspecified atom stereocenters. The maximum absolute atomic E-state index is 13.0. The molecule has 0 radical (unpaired) electrons. The van der Waals surface area contributed by atoms with Gasteiger partial charge < -0.3 is 9.64 Å². The van der Waals surface area contributed by atoms with Crippen molar-refractivity contribution >= 4 is 38.9 Å². The molecule has 8 heteroatoms. The molecular weight excluding hydrogens is 433 g/mol. The number of hydrogen-bond donors (Lipinski definition) is 0. The monoisotopic (exact) mass is 455 g/mol. The summed E-state index contributed by atoms with van der Waals surface area (Å²) in [4.78, 5) is 14.6. The van der Waals surface area contributed by atoms with Crippen LogP contribution in [0.15, 0.2) is 36.4 Å². The highest BCUT2D eigenvalue weighted by atomic mass is 35.5. The molecule has 156 valence electrons. The van der Waals surface area contributed by atoms with Crippen LogP contribution in [0.25, 0.3) is 0 Å². The largest absolute Gasteiger partial charge is 0.484 e. The van der Waals surface area contributed by atoms with Gasteiger partial charge in [-0.05, 0) is 61.2 Å². The molecule has 0 saturated carbocycles. The van der Waals surface area contributed by atoms with E-state index in [1.54, 1.807) is 29.2 Å². The van der Waals surface area contributed by atoms with Crippen LogP contribution < -0.4 is 4.74 Å². The van der Waals surface area contributed by atoms with Crippen molar-refractivity contribution in [1.82, 2.24) is 4.90 Å². The van der Waals surface area contributed by atoms with E-state index in [-0.39, 0.29) is 36.6 Å². The number of sulfone groups is 1. The summed E-state index contributed by atoms with van der Waals surface area (Å²) >= 11 is 12.2. The molecular formula is C21H23Cl2NO4S. The molecule has 29 heavy (non-hydrogen) atoms. The zero-order chi connectivity index (χ0) is 21.2. The molecule has 1 heterocycles. The minimum Gasteiger partial charge on any atom is -0.484 e. The van der Waals surface area contributed by atoms with Gasteiger partial charge in [-0.3, -0.25) is 4.79 Å². The number of rotatable bonds is 6. The van der Waals surface area contributed by atoms with Crippen LogP contribution in [0, 0.1) is 13.8 Å². The van der Waals surface area contributed by atoms with Gasteiger partial charge in [0.2, 0.25) is 0 Å². The zero-order valence-electron chi connectivity index (χ0n) is 16.3. The number of halogens is 2. The topological polar surface area (TPSA) is 63.7 Å². The quantitative estimate of drug-likeness (QED) is 0.654. The summed E-state index contributed by atoms with van der Waals surface area (Å²) in [5.74, 6) is 0.350. The molecule has 1 aliphatic rings. The predicted molar refractivity (Wildman–Crippen MR) is 115 cm³/mol. The Balaban J connectivity index is 1.77. The number of hydrogen-bond acceptors (Lipinski definition) is 4. The summed E-state index contributed by atoms with van der Waals surface area (Å²) in [5, 5.41) is 1.24. The third kappa shape index (κ3) is 5.65. The lowest BCUT2D eigenvalue weighted by atomic mass is 10.1. The van der Waals surface area contributed by atoms with Crippen molar-refractivity contribution in [2.75, 3.05) is 18.1 Å². The second-order valence-corrected chi connectivity index (χ2v) is 10.4. The van der Waals surface area contributed by atoms with Gasteiger partial charge >= 0.3 is 0 Å². The van der Waals surface area contributed by atoms with E-state index < -0.39 is 9.84 Å². The highest BCUT2D eigenvalue weighted by molar-refractivity contribution is 7.91. The Bertz CT molecular complexity index is 1000. The normalized spacial score (nSPS) is 17.9. The van der Waals surface area contributed by atoms with Gasteiger partial charge in [0, 0.05) is 22.6 Å². The smallest absolute Gasteiger partial charge is 0.261 e. The molecule has 1 amide bonds. The molecule has 0 N–H and O–H groups in total. The van der Waals surface area contributed by atoms with E-state index in [0.29, 0.717) is 22.2 Å². The van der Waals surface area contributed by atoms with Crippen LogP contribution in [0.4, 0.5) is 0 Å². The highest BCUT2D eigenvalue weighted by Crippen LogP contribution is 2.26. The third-order valence-corrected chi connectivity index (χ3v) is 7.57. The van der Waals surface area contributed by atoms with Crippen molar-refractivity contribution in [1.29, 1.82) is 0 Å². The average Bonchev–Trinajstić information content (AvgIpc) is 3.01. The zero-order valence-corrected chi connectivity index (χ0v) is 18.6. The van der Waals surface area contributed by atoms with Gasteiger partial charge in [-0.15, -0.1) is 0 Å². The Labute approximate surface area is 181 Å². The number of nitrogens with zero attached hydrogens (tertiary/aromatic N) is 1. The predicted octanol–water partition coefficient (Wildman–Crippen LogP) is 4.20. The first-order valence-corrected chi connectivity index (χ1v) is 11.9. The molecule has 2 aromatic carbocycles. The van der Waals surface area contributed by atoms with Crippen LogP contribution in [-0.4, -0.2) is 43.4 Å². The van der Waals surface area contributed by atoms with Crippen molar-refractivity contribution in [3.05, 3.63) is 63.1 Å². The van der Waals surface area contributed by atoms with Crippen LogP contribution in [0.2, 0.25) is 10.0 Å². The first-order chi connectivity index (χ1) is 13.6. The summed E-state index contributed by atoms with van der Waals surface area (Å²) in [6.45, 7) is 3.84. The first-order valence-electron chi connectivity index (χ1n) is 9.28.